The highest BCUT2D eigenvalue weighted by Crippen LogP contribution is 2.46. The molecule has 3 aliphatic rings. The molecule has 4 heterocycles. The summed E-state index contributed by atoms with van der Waals surface area (Å²) in [7, 11) is 0. The molecule has 0 radical (unpaired) electrons. The van der Waals surface area contributed by atoms with Crippen molar-refractivity contribution in [1.29, 1.82) is 0 Å². The zero-order valence-electron chi connectivity index (χ0n) is 23.1. The predicted molar refractivity (Wildman–Crippen MR) is 161 cm³/mol. The van der Waals surface area contributed by atoms with Crippen LogP contribution in [-0.4, -0.2) is 57.6 Å². The number of rotatable bonds is 4. The van der Waals surface area contributed by atoms with Crippen molar-refractivity contribution in [3.05, 3.63) is 89.3 Å². The number of benzene rings is 2. The van der Waals surface area contributed by atoms with Crippen LogP contribution in [0.15, 0.2) is 72.6 Å². The lowest BCUT2D eigenvalue weighted by atomic mass is 9.81. The SMILES string of the molecule is O=C(O)c1ccc2c(C3CCCCC3)c3n(c2c1)CC(C(=O)N1CCN(c2ccncc2)CC1)=Cc1ccccc1-3. The standard InChI is InChI=1S/C34H34N4O3/c39-33(37-18-16-36(17-19-37)27-12-14-35-15-13-27)26-20-24-8-4-5-9-28(24)32-31(23-6-2-1-3-7-23)29-11-10-25(34(40)41)21-30(29)38(32)22-26/h4-5,8-15,20-21,23H,1-3,6-7,16-19,22H2,(H,40,41). The molecular formula is C34H34N4O3. The number of amides is 1. The molecule has 1 saturated carbocycles. The molecule has 2 fully saturated rings. The summed E-state index contributed by atoms with van der Waals surface area (Å²) in [6.07, 6.45) is 11.6. The number of fused-ring (bicyclic) bond motifs is 5. The molecule has 4 aromatic rings. The Morgan fingerprint density at radius 2 is 1.63 bits per heavy atom. The molecule has 208 valence electrons. The Kier molecular flexibility index (Phi) is 6.57. The number of piperazine rings is 1. The molecule has 2 aromatic carbocycles. The van der Waals surface area contributed by atoms with E-state index in [0.717, 1.165) is 64.9 Å². The van der Waals surface area contributed by atoms with E-state index < -0.39 is 5.97 Å². The number of aromatic carboxylic acids is 1. The van der Waals surface area contributed by atoms with Crippen molar-refractivity contribution < 1.29 is 14.7 Å². The molecule has 0 atom stereocenters. The first-order chi connectivity index (χ1) is 20.1. The minimum Gasteiger partial charge on any atom is -0.478 e. The highest BCUT2D eigenvalue weighted by atomic mass is 16.4. The van der Waals surface area contributed by atoms with E-state index in [1.165, 1.54) is 24.8 Å². The van der Waals surface area contributed by atoms with Crippen LogP contribution in [0.5, 0.6) is 0 Å². The lowest BCUT2D eigenvalue weighted by Gasteiger charge is -2.36. The molecule has 7 rings (SSSR count). The van der Waals surface area contributed by atoms with Crippen LogP contribution in [0.2, 0.25) is 0 Å². The van der Waals surface area contributed by atoms with Gasteiger partial charge in [-0.05, 0) is 60.2 Å². The second-order valence-electron chi connectivity index (χ2n) is 11.5. The quantitative estimate of drug-likeness (QED) is 0.330. The molecule has 0 spiro atoms. The average molecular weight is 547 g/mol. The van der Waals surface area contributed by atoms with Gasteiger partial charge in [0.2, 0.25) is 0 Å². The van der Waals surface area contributed by atoms with E-state index in [-0.39, 0.29) is 11.5 Å². The Morgan fingerprint density at radius 3 is 2.39 bits per heavy atom. The van der Waals surface area contributed by atoms with Gasteiger partial charge in [0.1, 0.15) is 0 Å². The molecule has 0 bridgehead atoms. The van der Waals surface area contributed by atoms with Gasteiger partial charge in [0.25, 0.3) is 5.91 Å². The molecule has 1 N–H and O–H groups in total. The van der Waals surface area contributed by atoms with Crippen molar-refractivity contribution in [1.82, 2.24) is 14.5 Å². The Labute approximate surface area is 239 Å². The summed E-state index contributed by atoms with van der Waals surface area (Å²) in [6.45, 7) is 3.25. The minimum atomic E-state index is -0.936. The fraction of sp³-hybridized carbons (Fsp3) is 0.324. The zero-order valence-corrected chi connectivity index (χ0v) is 23.1. The van der Waals surface area contributed by atoms with E-state index in [0.29, 0.717) is 25.6 Å². The third-order valence-electron chi connectivity index (χ3n) is 9.11. The van der Waals surface area contributed by atoms with E-state index in [9.17, 15) is 14.7 Å². The monoisotopic (exact) mass is 546 g/mol. The van der Waals surface area contributed by atoms with Gasteiger partial charge in [0.15, 0.2) is 0 Å². The summed E-state index contributed by atoms with van der Waals surface area (Å²) in [5.74, 6) is -0.461. The van der Waals surface area contributed by atoms with Crippen molar-refractivity contribution in [2.45, 2.75) is 44.6 Å². The van der Waals surface area contributed by atoms with Crippen LogP contribution in [0.25, 0.3) is 28.2 Å². The fourth-order valence-corrected chi connectivity index (χ4v) is 7.07. The van der Waals surface area contributed by atoms with Gasteiger partial charge in [-0.25, -0.2) is 4.79 Å². The van der Waals surface area contributed by atoms with Crippen molar-refractivity contribution in [3.63, 3.8) is 0 Å². The normalized spacial score (nSPS) is 17.5. The van der Waals surface area contributed by atoms with Gasteiger partial charge in [-0.15, -0.1) is 0 Å². The van der Waals surface area contributed by atoms with Gasteiger partial charge in [-0.3, -0.25) is 9.78 Å². The van der Waals surface area contributed by atoms with Crippen molar-refractivity contribution in [3.8, 4) is 11.3 Å². The third kappa shape index (κ3) is 4.59. The summed E-state index contributed by atoms with van der Waals surface area (Å²) in [6, 6.07) is 17.9. The number of carboxylic acid groups (broad SMARTS) is 1. The maximum absolute atomic E-state index is 14.1. The Bertz CT molecular complexity index is 1660. The predicted octanol–water partition coefficient (Wildman–Crippen LogP) is 6.20. The zero-order chi connectivity index (χ0) is 27.9. The second kappa shape index (κ2) is 10.5. The first-order valence-electron chi connectivity index (χ1n) is 14.7. The summed E-state index contributed by atoms with van der Waals surface area (Å²) in [5, 5.41) is 11.0. The Balaban J connectivity index is 1.30. The largest absolute Gasteiger partial charge is 0.478 e. The highest BCUT2D eigenvalue weighted by Gasteiger charge is 2.32. The first kappa shape index (κ1) is 25.6. The molecule has 1 amide bonds. The molecule has 1 saturated heterocycles. The van der Waals surface area contributed by atoms with E-state index in [1.54, 1.807) is 24.5 Å². The van der Waals surface area contributed by atoms with Gasteiger partial charge in [-0.1, -0.05) is 49.6 Å². The van der Waals surface area contributed by atoms with Crippen LogP contribution in [0, 0.1) is 0 Å². The van der Waals surface area contributed by atoms with Crippen molar-refractivity contribution in [2.75, 3.05) is 31.1 Å². The maximum Gasteiger partial charge on any atom is 0.335 e. The minimum absolute atomic E-state index is 0.0532. The first-order valence-corrected chi connectivity index (χ1v) is 14.7. The summed E-state index contributed by atoms with van der Waals surface area (Å²) in [5.41, 5.74) is 7.66. The van der Waals surface area contributed by atoms with Crippen molar-refractivity contribution in [2.24, 2.45) is 0 Å². The van der Waals surface area contributed by atoms with Crippen LogP contribution < -0.4 is 4.90 Å². The second-order valence-corrected chi connectivity index (χ2v) is 11.5. The van der Waals surface area contributed by atoms with E-state index in [1.807, 2.05) is 29.2 Å². The van der Waals surface area contributed by atoms with Gasteiger partial charge >= 0.3 is 5.97 Å². The van der Waals surface area contributed by atoms with Crippen LogP contribution in [0.3, 0.4) is 0 Å². The smallest absolute Gasteiger partial charge is 0.335 e. The van der Waals surface area contributed by atoms with Gasteiger partial charge in [-0.2, -0.15) is 0 Å². The molecule has 1 aliphatic carbocycles. The number of carbonyl (C=O) groups is 2. The maximum atomic E-state index is 14.1. The number of pyridine rings is 1. The molecule has 2 aromatic heterocycles. The van der Waals surface area contributed by atoms with Crippen LogP contribution in [0.1, 0.15) is 59.5 Å². The highest BCUT2D eigenvalue weighted by molar-refractivity contribution is 6.03. The van der Waals surface area contributed by atoms with Crippen molar-refractivity contribution >= 4 is 34.5 Å². The average Bonchev–Trinajstić information content (AvgIpc) is 3.24. The topological polar surface area (TPSA) is 78.7 Å². The number of nitrogens with zero attached hydrogens (tertiary/aromatic N) is 4. The molecular weight excluding hydrogens is 512 g/mol. The number of aromatic nitrogens is 2. The number of carboxylic acids is 1. The number of hydrogen-bond acceptors (Lipinski definition) is 4. The molecule has 41 heavy (non-hydrogen) atoms. The van der Waals surface area contributed by atoms with Crippen LogP contribution >= 0.6 is 0 Å². The van der Waals surface area contributed by atoms with E-state index >= 15 is 0 Å². The van der Waals surface area contributed by atoms with E-state index in [4.69, 9.17) is 0 Å². The summed E-state index contributed by atoms with van der Waals surface area (Å²) < 4.78 is 2.23. The number of carbonyl (C=O) groups excluding carboxylic acids is 1. The van der Waals surface area contributed by atoms with Crippen LogP contribution in [-0.2, 0) is 11.3 Å². The van der Waals surface area contributed by atoms with Crippen LogP contribution in [0.4, 0.5) is 5.69 Å². The lowest BCUT2D eigenvalue weighted by molar-refractivity contribution is -0.127. The van der Waals surface area contributed by atoms with Gasteiger partial charge < -0.3 is 19.5 Å². The molecule has 2 aliphatic heterocycles. The third-order valence-corrected chi connectivity index (χ3v) is 9.11. The summed E-state index contributed by atoms with van der Waals surface area (Å²) in [4.78, 5) is 34.5. The number of hydrogen-bond donors (Lipinski definition) is 1. The molecule has 7 heteroatoms. The van der Waals surface area contributed by atoms with Gasteiger partial charge in [0, 0.05) is 66.3 Å². The van der Waals surface area contributed by atoms with E-state index in [2.05, 4.69) is 38.7 Å². The Hall–Kier alpha value is -4.39. The Morgan fingerprint density at radius 1 is 0.878 bits per heavy atom. The number of anilines is 1. The molecule has 0 unspecified atom stereocenters. The van der Waals surface area contributed by atoms with Gasteiger partial charge in [0.05, 0.1) is 17.8 Å². The lowest BCUT2D eigenvalue weighted by Crippen LogP contribution is -2.49. The fourth-order valence-electron chi connectivity index (χ4n) is 7.07. The summed E-state index contributed by atoms with van der Waals surface area (Å²) >= 11 is 0. The molecule has 7 nitrogen and oxygen atoms in total.